The molecule has 0 aromatic heterocycles. The van der Waals surface area contributed by atoms with Gasteiger partial charge in [-0.3, -0.25) is 0 Å². The Kier molecular flexibility index (Phi) is 1.68. The second-order valence-electron chi connectivity index (χ2n) is 3.11. The summed E-state index contributed by atoms with van der Waals surface area (Å²) in [4.78, 5) is 10.8. The van der Waals surface area contributed by atoms with Crippen LogP contribution in [0, 0.1) is 0 Å². The van der Waals surface area contributed by atoms with Gasteiger partial charge in [0.15, 0.2) is 5.60 Å². The van der Waals surface area contributed by atoms with Crippen molar-refractivity contribution in [2.45, 2.75) is 38.4 Å². The number of ether oxygens (including phenoxy) is 1. The predicted molar refractivity (Wildman–Crippen MR) is 33.9 cm³/mol. The van der Waals surface area contributed by atoms with Crippen LogP contribution in [0.15, 0.2) is 0 Å². The van der Waals surface area contributed by atoms with Crippen molar-refractivity contribution in [2.24, 2.45) is 0 Å². The summed E-state index contributed by atoms with van der Waals surface area (Å²) in [6, 6.07) is 0. The average Bonchev–Trinajstić information content (AvgIpc) is 2.47. The van der Waals surface area contributed by atoms with Gasteiger partial charge in [-0.1, -0.05) is 0 Å². The van der Waals surface area contributed by atoms with Gasteiger partial charge in [0.25, 0.3) is 0 Å². The standard InChI is InChI=1S/C7H11O3/c1-7(2,9)6(8)10-5-3-4-5/h5H,3-4H2,1-2H3. The maximum Gasteiger partial charge on any atom is 0.341 e. The lowest BCUT2D eigenvalue weighted by atomic mass is 10.1. The molecule has 1 saturated carbocycles. The van der Waals surface area contributed by atoms with E-state index in [1.165, 1.54) is 13.8 Å². The van der Waals surface area contributed by atoms with Gasteiger partial charge in [0.05, 0.1) is 0 Å². The third kappa shape index (κ3) is 1.99. The summed E-state index contributed by atoms with van der Waals surface area (Å²) in [6.45, 7) is 2.63. The molecule has 1 radical (unpaired) electrons. The van der Waals surface area contributed by atoms with Crippen molar-refractivity contribution in [1.29, 1.82) is 0 Å². The van der Waals surface area contributed by atoms with Crippen molar-refractivity contribution < 1.29 is 14.6 Å². The minimum Gasteiger partial charge on any atom is -0.460 e. The molecule has 57 valence electrons. The summed E-state index contributed by atoms with van der Waals surface area (Å²) in [7, 11) is 0. The van der Waals surface area contributed by atoms with Crippen LogP contribution in [0.4, 0.5) is 0 Å². The first-order valence-electron chi connectivity index (χ1n) is 3.41. The van der Waals surface area contributed by atoms with Crippen LogP contribution in [0.1, 0.15) is 26.7 Å². The van der Waals surface area contributed by atoms with Crippen molar-refractivity contribution in [1.82, 2.24) is 0 Å². The summed E-state index contributed by atoms with van der Waals surface area (Å²) >= 11 is 0. The van der Waals surface area contributed by atoms with Gasteiger partial charge < -0.3 is 4.74 Å². The molecule has 1 aliphatic rings. The minimum absolute atomic E-state index is 0.0423. The molecule has 3 nitrogen and oxygen atoms in total. The van der Waals surface area contributed by atoms with Crippen LogP contribution in [0.3, 0.4) is 0 Å². The Labute approximate surface area is 60.0 Å². The Morgan fingerprint density at radius 2 is 2.00 bits per heavy atom. The van der Waals surface area contributed by atoms with Gasteiger partial charge in [-0.15, -0.1) is 0 Å². The van der Waals surface area contributed by atoms with E-state index in [4.69, 9.17) is 4.74 Å². The Bertz CT molecular complexity index is 141. The second kappa shape index (κ2) is 2.23. The predicted octanol–water partition coefficient (Wildman–Crippen LogP) is 0.901. The Balaban J connectivity index is 2.32. The fourth-order valence-electron chi connectivity index (χ4n) is 0.479. The van der Waals surface area contributed by atoms with Gasteiger partial charge >= 0.3 is 5.97 Å². The summed E-state index contributed by atoms with van der Waals surface area (Å²) < 4.78 is 4.77. The van der Waals surface area contributed by atoms with E-state index in [0.29, 0.717) is 0 Å². The van der Waals surface area contributed by atoms with Crippen molar-refractivity contribution >= 4 is 5.97 Å². The highest BCUT2D eigenvalue weighted by molar-refractivity contribution is 5.78. The van der Waals surface area contributed by atoms with E-state index in [1.54, 1.807) is 0 Å². The van der Waals surface area contributed by atoms with Crippen LogP contribution in [-0.4, -0.2) is 17.7 Å². The first-order valence-corrected chi connectivity index (χ1v) is 3.41. The summed E-state index contributed by atoms with van der Waals surface area (Å²) in [6.07, 6.45) is 1.88. The first-order chi connectivity index (χ1) is 4.50. The number of rotatable bonds is 2. The van der Waals surface area contributed by atoms with E-state index in [1.807, 2.05) is 0 Å². The topological polar surface area (TPSA) is 46.2 Å². The lowest BCUT2D eigenvalue weighted by Gasteiger charge is -2.11. The maximum absolute atomic E-state index is 10.9. The lowest BCUT2D eigenvalue weighted by molar-refractivity contribution is -0.169. The molecule has 0 N–H and O–H groups in total. The fraction of sp³-hybridized carbons (Fsp3) is 0.857. The molecule has 0 unspecified atom stereocenters. The zero-order valence-electron chi connectivity index (χ0n) is 6.22. The zero-order chi connectivity index (χ0) is 7.78. The Morgan fingerprint density at radius 3 is 2.30 bits per heavy atom. The molecule has 0 saturated heterocycles. The van der Waals surface area contributed by atoms with Crippen molar-refractivity contribution in [2.75, 3.05) is 0 Å². The maximum atomic E-state index is 10.9. The smallest absolute Gasteiger partial charge is 0.341 e. The van der Waals surface area contributed by atoms with Crippen molar-refractivity contribution in [3.63, 3.8) is 0 Å². The van der Waals surface area contributed by atoms with E-state index in [9.17, 15) is 9.90 Å². The first kappa shape index (κ1) is 7.54. The van der Waals surface area contributed by atoms with E-state index in [2.05, 4.69) is 0 Å². The molecule has 1 rings (SSSR count). The molecule has 0 spiro atoms. The molecular formula is C7H11O3. The third-order valence-corrected chi connectivity index (χ3v) is 1.29. The SMILES string of the molecule is CC(C)([O])C(=O)OC1CC1. The normalized spacial score (nSPS) is 18.7. The number of carbonyl (C=O) groups is 1. The number of carbonyl (C=O) groups excluding carboxylic acids is 1. The quantitative estimate of drug-likeness (QED) is 0.539. The Morgan fingerprint density at radius 1 is 1.50 bits per heavy atom. The van der Waals surface area contributed by atoms with E-state index in [0.717, 1.165) is 12.8 Å². The molecule has 0 bridgehead atoms. The van der Waals surface area contributed by atoms with Crippen molar-refractivity contribution in [3.8, 4) is 0 Å². The summed E-state index contributed by atoms with van der Waals surface area (Å²) in [5.41, 5.74) is -1.58. The second-order valence-corrected chi connectivity index (χ2v) is 3.11. The van der Waals surface area contributed by atoms with Gasteiger partial charge in [0.1, 0.15) is 6.10 Å². The number of hydrogen-bond acceptors (Lipinski definition) is 2. The number of hydrogen-bond donors (Lipinski definition) is 0. The molecule has 0 heterocycles. The van der Waals surface area contributed by atoms with Gasteiger partial charge in [-0.25, -0.2) is 9.90 Å². The van der Waals surface area contributed by atoms with Crippen LogP contribution in [-0.2, 0) is 14.6 Å². The van der Waals surface area contributed by atoms with Crippen molar-refractivity contribution in [3.05, 3.63) is 0 Å². The van der Waals surface area contributed by atoms with E-state index in [-0.39, 0.29) is 6.10 Å². The Hall–Kier alpha value is -0.570. The highest BCUT2D eigenvalue weighted by atomic mass is 16.6. The zero-order valence-corrected chi connectivity index (χ0v) is 6.22. The van der Waals surface area contributed by atoms with Gasteiger partial charge in [-0.05, 0) is 26.7 Å². The molecular weight excluding hydrogens is 132 g/mol. The fourth-order valence-corrected chi connectivity index (χ4v) is 0.479. The summed E-state index contributed by atoms with van der Waals surface area (Å²) in [5.74, 6) is -0.630. The van der Waals surface area contributed by atoms with Crippen LogP contribution in [0.2, 0.25) is 0 Å². The molecule has 1 fully saturated rings. The molecule has 0 amide bonds. The minimum atomic E-state index is -1.58. The molecule has 0 aromatic carbocycles. The van der Waals surface area contributed by atoms with Gasteiger partial charge in [0.2, 0.25) is 0 Å². The lowest BCUT2D eigenvalue weighted by Crippen LogP contribution is -2.32. The van der Waals surface area contributed by atoms with Crippen LogP contribution < -0.4 is 0 Å². The van der Waals surface area contributed by atoms with Crippen LogP contribution in [0.5, 0.6) is 0 Å². The van der Waals surface area contributed by atoms with Gasteiger partial charge in [0, 0.05) is 0 Å². The highest BCUT2D eigenvalue weighted by Crippen LogP contribution is 2.25. The van der Waals surface area contributed by atoms with Crippen LogP contribution >= 0.6 is 0 Å². The molecule has 3 heteroatoms. The molecule has 10 heavy (non-hydrogen) atoms. The van der Waals surface area contributed by atoms with Gasteiger partial charge in [-0.2, -0.15) is 0 Å². The largest absolute Gasteiger partial charge is 0.460 e. The summed E-state index contributed by atoms with van der Waals surface area (Å²) in [5, 5.41) is 10.9. The number of esters is 1. The molecule has 0 aromatic rings. The van der Waals surface area contributed by atoms with E-state index >= 15 is 0 Å². The average molecular weight is 143 g/mol. The van der Waals surface area contributed by atoms with Crippen LogP contribution in [0.25, 0.3) is 0 Å². The van der Waals surface area contributed by atoms with E-state index < -0.39 is 11.6 Å². The monoisotopic (exact) mass is 143 g/mol. The highest BCUT2D eigenvalue weighted by Gasteiger charge is 2.34. The molecule has 1 aliphatic carbocycles. The molecule has 0 aliphatic heterocycles. The third-order valence-electron chi connectivity index (χ3n) is 1.29. The molecule has 0 atom stereocenters.